The average molecular weight is 532 g/mol. The van der Waals surface area contributed by atoms with Gasteiger partial charge in [0, 0.05) is 32.7 Å². The molecule has 184 valence electrons. The van der Waals surface area contributed by atoms with Gasteiger partial charge in [-0.15, -0.1) is 11.3 Å². The second kappa shape index (κ2) is 10.7. The van der Waals surface area contributed by atoms with Crippen LogP contribution in [0.1, 0.15) is 5.01 Å². The fourth-order valence-electron chi connectivity index (χ4n) is 4.11. The first kappa shape index (κ1) is 24.4. The number of benzene rings is 2. The van der Waals surface area contributed by atoms with E-state index >= 15 is 0 Å². The molecule has 11 heteroatoms. The van der Waals surface area contributed by atoms with E-state index in [0.717, 1.165) is 51.9 Å². The standard InChI is InChI=1S/C24H26ClN5O3S2/c1-15-26-19-6-5-17(11-21(19)34-15)33-14-16(31)12-29-7-9-30(10-8-29)13-22(32)27-24-28-23-18(25)3-2-4-20(23)35-24/h2-6,11,16,31H,7-10,12-14H2,1H3,(H,27,28,32)/t16-/m1/s1. The van der Waals surface area contributed by atoms with Gasteiger partial charge in [-0.05, 0) is 37.3 Å². The predicted octanol–water partition coefficient (Wildman–Crippen LogP) is 3.86. The zero-order valence-corrected chi connectivity index (χ0v) is 21.6. The molecule has 4 aromatic rings. The molecule has 0 saturated carbocycles. The summed E-state index contributed by atoms with van der Waals surface area (Å²) in [7, 11) is 0. The van der Waals surface area contributed by atoms with E-state index in [-0.39, 0.29) is 12.5 Å². The number of nitrogens with zero attached hydrogens (tertiary/aromatic N) is 4. The predicted molar refractivity (Wildman–Crippen MR) is 142 cm³/mol. The first-order valence-corrected chi connectivity index (χ1v) is 13.4. The average Bonchev–Trinajstić information content (AvgIpc) is 3.41. The maximum absolute atomic E-state index is 12.5. The zero-order chi connectivity index (χ0) is 24.4. The molecule has 8 nitrogen and oxygen atoms in total. The minimum atomic E-state index is -0.588. The summed E-state index contributed by atoms with van der Waals surface area (Å²) in [5.74, 6) is 0.654. The van der Waals surface area contributed by atoms with E-state index in [4.69, 9.17) is 16.3 Å². The van der Waals surface area contributed by atoms with Crippen LogP contribution in [0.5, 0.6) is 5.75 Å². The molecular weight excluding hydrogens is 506 g/mol. The highest BCUT2D eigenvalue weighted by Crippen LogP contribution is 2.30. The Bertz CT molecular complexity index is 1340. The number of carbonyl (C=O) groups is 1. The molecule has 0 unspecified atom stereocenters. The molecule has 1 atom stereocenters. The number of aromatic nitrogens is 2. The van der Waals surface area contributed by atoms with Crippen LogP contribution in [0.3, 0.4) is 0 Å². The maximum Gasteiger partial charge on any atom is 0.240 e. The molecule has 1 amide bonds. The number of β-amino-alcohol motifs (C(OH)–C–C–N with tert-alkyl or cyclic N) is 1. The molecule has 0 radical (unpaired) electrons. The lowest BCUT2D eigenvalue weighted by molar-refractivity contribution is -0.117. The highest BCUT2D eigenvalue weighted by atomic mass is 35.5. The number of aliphatic hydroxyl groups is 1. The number of aryl methyl sites for hydroxylation is 1. The molecule has 0 bridgehead atoms. The quantitative estimate of drug-likeness (QED) is 0.357. The van der Waals surface area contributed by atoms with Crippen molar-refractivity contribution in [3.05, 3.63) is 46.4 Å². The molecule has 1 saturated heterocycles. The van der Waals surface area contributed by atoms with E-state index in [2.05, 4.69) is 25.1 Å². The summed E-state index contributed by atoms with van der Waals surface area (Å²) in [4.78, 5) is 25.7. The highest BCUT2D eigenvalue weighted by Gasteiger charge is 2.21. The monoisotopic (exact) mass is 531 g/mol. The normalized spacial score (nSPS) is 16.1. The fourth-order valence-corrected chi connectivity index (χ4v) is 6.15. The van der Waals surface area contributed by atoms with Crippen LogP contribution in [0, 0.1) is 6.92 Å². The molecule has 3 heterocycles. The Morgan fingerprint density at radius 1 is 1.14 bits per heavy atom. The number of anilines is 1. The van der Waals surface area contributed by atoms with Crippen molar-refractivity contribution in [2.45, 2.75) is 13.0 Å². The largest absolute Gasteiger partial charge is 0.491 e. The Labute approximate surface area is 216 Å². The Kier molecular flexibility index (Phi) is 7.47. The van der Waals surface area contributed by atoms with Gasteiger partial charge in [-0.3, -0.25) is 14.6 Å². The van der Waals surface area contributed by atoms with Crippen molar-refractivity contribution in [2.75, 3.05) is 51.2 Å². The van der Waals surface area contributed by atoms with Gasteiger partial charge in [-0.2, -0.15) is 0 Å². The Balaban J connectivity index is 1.04. The number of ether oxygens (including phenoxy) is 1. The zero-order valence-electron chi connectivity index (χ0n) is 19.2. The molecule has 1 aliphatic rings. The van der Waals surface area contributed by atoms with Crippen molar-refractivity contribution in [3.63, 3.8) is 0 Å². The van der Waals surface area contributed by atoms with Crippen molar-refractivity contribution in [2.24, 2.45) is 0 Å². The molecule has 0 aliphatic carbocycles. The number of amides is 1. The van der Waals surface area contributed by atoms with Crippen molar-refractivity contribution < 1.29 is 14.6 Å². The fraction of sp³-hybridized carbons (Fsp3) is 0.375. The number of rotatable bonds is 8. The molecule has 2 N–H and O–H groups in total. The topological polar surface area (TPSA) is 90.8 Å². The molecule has 1 fully saturated rings. The smallest absolute Gasteiger partial charge is 0.240 e. The number of carbonyl (C=O) groups excluding carboxylic acids is 1. The number of hydrogen-bond donors (Lipinski definition) is 2. The molecular formula is C24H26ClN5O3S2. The van der Waals surface area contributed by atoms with E-state index in [1.165, 1.54) is 11.3 Å². The molecule has 1 aliphatic heterocycles. The van der Waals surface area contributed by atoms with Crippen molar-refractivity contribution in [3.8, 4) is 5.75 Å². The number of aliphatic hydroxyl groups excluding tert-OH is 1. The number of halogens is 1. The van der Waals surface area contributed by atoms with E-state index in [1.807, 2.05) is 37.3 Å². The van der Waals surface area contributed by atoms with Crippen LogP contribution < -0.4 is 10.1 Å². The van der Waals surface area contributed by atoms with Crippen molar-refractivity contribution >= 4 is 65.7 Å². The van der Waals surface area contributed by atoms with E-state index in [1.54, 1.807) is 17.4 Å². The van der Waals surface area contributed by atoms with Gasteiger partial charge in [0.15, 0.2) is 5.13 Å². The van der Waals surface area contributed by atoms with Crippen LogP contribution in [-0.2, 0) is 4.79 Å². The summed E-state index contributed by atoms with van der Waals surface area (Å²) >= 11 is 9.22. The van der Waals surface area contributed by atoms with E-state index < -0.39 is 6.10 Å². The summed E-state index contributed by atoms with van der Waals surface area (Å²) in [6.07, 6.45) is -0.588. The maximum atomic E-state index is 12.5. The minimum Gasteiger partial charge on any atom is -0.491 e. The van der Waals surface area contributed by atoms with Crippen LogP contribution in [0.25, 0.3) is 20.4 Å². The summed E-state index contributed by atoms with van der Waals surface area (Å²) in [6, 6.07) is 11.4. The first-order chi connectivity index (χ1) is 16.9. The number of thiazole rings is 2. The highest BCUT2D eigenvalue weighted by molar-refractivity contribution is 7.22. The van der Waals surface area contributed by atoms with Gasteiger partial charge in [-0.1, -0.05) is 29.0 Å². The van der Waals surface area contributed by atoms with Crippen LogP contribution in [0.4, 0.5) is 5.13 Å². The van der Waals surface area contributed by atoms with Gasteiger partial charge in [-0.25, -0.2) is 9.97 Å². The van der Waals surface area contributed by atoms with Crippen LogP contribution in [0.15, 0.2) is 36.4 Å². The molecule has 0 spiro atoms. The van der Waals surface area contributed by atoms with Crippen LogP contribution in [0.2, 0.25) is 5.02 Å². The van der Waals surface area contributed by atoms with Gasteiger partial charge in [0.25, 0.3) is 0 Å². The Morgan fingerprint density at radius 2 is 1.94 bits per heavy atom. The number of para-hydroxylation sites is 1. The van der Waals surface area contributed by atoms with Gasteiger partial charge < -0.3 is 15.2 Å². The van der Waals surface area contributed by atoms with E-state index in [9.17, 15) is 9.90 Å². The lowest BCUT2D eigenvalue weighted by Gasteiger charge is -2.35. The summed E-state index contributed by atoms with van der Waals surface area (Å²) in [5, 5.41) is 15.5. The molecule has 2 aromatic heterocycles. The molecule has 2 aromatic carbocycles. The Morgan fingerprint density at radius 3 is 2.74 bits per heavy atom. The first-order valence-electron chi connectivity index (χ1n) is 11.4. The number of piperazine rings is 1. The van der Waals surface area contributed by atoms with E-state index in [0.29, 0.717) is 28.8 Å². The third kappa shape index (κ3) is 6.08. The number of fused-ring (bicyclic) bond motifs is 2. The summed E-state index contributed by atoms with van der Waals surface area (Å²) < 4.78 is 7.84. The second-order valence-corrected chi connectivity index (χ2v) is 11.2. The van der Waals surface area contributed by atoms with Gasteiger partial charge in [0.05, 0.1) is 31.5 Å². The number of hydrogen-bond acceptors (Lipinski definition) is 9. The lowest BCUT2D eigenvalue weighted by Crippen LogP contribution is -2.50. The van der Waals surface area contributed by atoms with Crippen molar-refractivity contribution in [1.29, 1.82) is 0 Å². The molecule has 5 rings (SSSR count). The minimum absolute atomic E-state index is 0.0878. The van der Waals surface area contributed by atoms with Crippen LogP contribution >= 0.6 is 34.3 Å². The van der Waals surface area contributed by atoms with Gasteiger partial charge in [0.1, 0.15) is 24.0 Å². The lowest BCUT2D eigenvalue weighted by atomic mass is 10.2. The van der Waals surface area contributed by atoms with Gasteiger partial charge >= 0.3 is 0 Å². The molecule has 35 heavy (non-hydrogen) atoms. The Hall–Kier alpha value is -2.34. The third-order valence-corrected chi connectivity index (χ3v) is 8.00. The van der Waals surface area contributed by atoms with Crippen molar-refractivity contribution in [1.82, 2.24) is 19.8 Å². The second-order valence-electron chi connectivity index (χ2n) is 8.56. The van der Waals surface area contributed by atoms with Gasteiger partial charge in [0.2, 0.25) is 5.91 Å². The summed E-state index contributed by atoms with van der Waals surface area (Å²) in [5.41, 5.74) is 1.68. The number of nitrogens with one attached hydrogen (secondary N) is 1. The van der Waals surface area contributed by atoms with Crippen LogP contribution in [-0.4, -0.2) is 82.8 Å². The summed E-state index contributed by atoms with van der Waals surface area (Å²) in [6.45, 7) is 6.15. The third-order valence-electron chi connectivity index (χ3n) is 5.83. The SMILES string of the molecule is Cc1nc2ccc(OC[C@H](O)CN3CCN(CC(=O)Nc4nc5c(Cl)cccc5s4)CC3)cc2s1.